The van der Waals surface area contributed by atoms with Gasteiger partial charge in [0.1, 0.15) is 5.82 Å². The molecule has 0 unspecified atom stereocenters. The van der Waals surface area contributed by atoms with E-state index in [-0.39, 0.29) is 0 Å². The molecule has 2 aromatic heterocycles. The van der Waals surface area contributed by atoms with E-state index in [0.717, 1.165) is 23.3 Å². The van der Waals surface area contributed by atoms with Gasteiger partial charge in [-0.15, -0.1) is 0 Å². The summed E-state index contributed by atoms with van der Waals surface area (Å²) in [5.41, 5.74) is 1.78. The fourth-order valence-corrected chi connectivity index (χ4v) is 2.25. The number of fused-ring (bicyclic) bond motifs is 1. The van der Waals surface area contributed by atoms with E-state index in [4.69, 9.17) is 0 Å². The summed E-state index contributed by atoms with van der Waals surface area (Å²) in [5, 5.41) is 0. The Hall–Kier alpha value is -1.56. The molecule has 0 aromatic carbocycles. The summed E-state index contributed by atoms with van der Waals surface area (Å²) in [6.45, 7) is 3.79. The lowest BCUT2D eigenvalue weighted by atomic mass is 10.3. The Bertz CT molecular complexity index is 643. The monoisotopic (exact) mass is 239 g/mol. The number of anilines is 1. The topological polar surface area (TPSA) is 63.5 Å². The summed E-state index contributed by atoms with van der Waals surface area (Å²) in [6, 6.07) is 5.66. The highest BCUT2D eigenvalue weighted by atomic mass is 32.2. The molecule has 86 valence electrons. The normalized spacial score (nSPS) is 11.9. The minimum atomic E-state index is -3.29. The molecule has 16 heavy (non-hydrogen) atoms. The predicted molar refractivity (Wildman–Crippen MR) is 63.1 cm³/mol. The van der Waals surface area contributed by atoms with Gasteiger partial charge in [-0.05, 0) is 26.0 Å². The predicted octanol–water partition coefficient (Wildman–Crippen LogP) is 1.32. The Morgan fingerprint density at radius 1 is 1.31 bits per heavy atom. The van der Waals surface area contributed by atoms with Gasteiger partial charge in [0.25, 0.3) is 0 Å². The molecule has 0 atom stereocenters. The van der Waals surface area contributed by atoms with E-state index >= 15 is 0 Å². The summed E-state index contributed by atoms with van der Waals surface area (Å²) < 4.78 is 26.7. The van der Waals surface area contributed by atoms with E-state index in [1.807, 2.05) is 36.4 Å². The molecule has 5 nitrogen and oxygen atoms in total. The first-order valence-electron chi connectivity index (χ1n) is 4.81. The van der Waals surface area contributed by atoms with Gasteiger partial charge in [0, 0.05) is 5.69 Å². The summed E-state index contributed by atoms with van der Waals surface area (Å²) in [6.07, 6.45) is 1.11. The first-order chi connectivity index (χ1) is 7.38. The highest BCUT2D eigenvalue weighted by molar-refractivity contribution is 7.92. The largest absolute Gasteiger partial charge is 0.299 e. The minimum Gasteiger partial charge on any atom is -0.299 e. The molecule has 2 rings (SSSR count). The summed E-state index contributed by atoms with van der Waals surface area (Å²) in [4.78, 5) is 4.21. The highest BCUT2D eigenvalue weighted by Crippen LogP contribution is 2.20. The van der Waals surface area contributed by atoms with Crippen LogP contribution in [0.15, 0.2) is 18.2 Å². The third kappa shape index (κ3) is 1.88. The van der Waals surface area contributed by atoms with Crippen LogP contribution in [0, 0.1) is 13.8 Å². The maximum atomic E-state index is 11.2. The standard InChI is InChI=1S/C10H13N3O2S/c1-7-5-4-6-9-10(12-16(3,14)15)11-8(2)13(7)9/h4-6,12H,1-3H3. The van der Waals surface area contributed by atoms with Crippen molar-refractivity contribution in [2.75, 3.05) is 11.0 Å². The molecular weight excluding hydrogens is 226 g/mol. The van der Waals surface area contributed by atoms with Crippen molar-refractivity contribution in [2.45, 2.75) is 13.8 Å². The third-order valence-corrected chi connectivity index (χ3v) is 2.87. The van der Waals surface area contributed by atoms with E-state index < -0.39 is 10.0 Å². The Balaban J connectivity index is 2.69. The number of nitrogens with zero attached hydrogens (tertiary/aromatic N) is 2. The zero-order chi connectivity index (χ0) is 11.9. The quantitative estimate of drug-likeness (QED) is 0.859. The second-order valence-corrected chi connectivity index (χ2v) is 5.52. The van der Waals surface area contributed by atoms with E-state index in [1.54, 1.807) is 0 Å². The molecule has 0 amide bonds. The molecule has 0 spiro atoms. The van der Waals surface area contributed by atoms with Crippen LogP contribution in [0.3, 0.4) is 0 Å². The number of pyridine rings is 1. The van der Waals surface area contributed by atoms with Crippen LogP contribution in [-0.4, -0.2) is 24.1 Å². The van der Waals surface area contributed by atoms with Gasteiger partial charge in [0.05, 0.1) is 11.8 Å². The van der Waals surface area contributed by atoms with E-state index in [2.05, 4.69) is 9.71 Å². The second-order valence-electron chi connectivity index (χ2n) is 3.77. The van der Waals surface area contributed by atoms with Gasteiger partial charge in [-0.3, -0.25) is 9.12 Å². The van der Waals surface area contributed by atoms with Crippen molar-refractivity contribution in [2.24, 2.45) is 0 Å². The summed E-state index contributed by atoms with van der Waals surface area (Å²) in [7, 11) is -3.29. The van der Waals surface area contributed by atoms with E-state index in [9.17, 15) is 8.42 Å². The van der Waals surface area contributed by atoms with Crippen LogP contribution < -0.4 is 4.72 Å². The molecule has 0 saturated heterocycles. The van der Waals surface area contributed by atoms with Crippen molar-refractivity contribution in [1.82, 2.24) is 9.38 Å². The van der Waals surface area contributed by atoms with Crippen LogP contribution in [0.25, 0.3) is 5.52 Å². The Kier molecular flexibility index (Phi) is 2.38. The van der Waals surface area contributed by atoms with Crippen molar-refractivity contribution in [3.63, 3.8) is 0 Å². The van der Waals surface area contributed by atoms with Crippen LogP contribution in [0.1, 0.15) is 11.5 Å². The fraction of sp³-hybridized carbons (Fsp3) is 0.300. The average molecular weight is 239 g/mol. The van der Waals surface area contributed by atoms with Crippen molar-refractivity contribution in [3.05, 3.63) is 29.7 Å². The van der Waals surface area contributed by atoms with Crippen LogP contribution in [0.5, 0.6) is 0 Å². The molecule has 0 aliphatic heterocycles. The first kappa shape index (κ1) is 10.9. The maximum absolute atomic E-state index is 11.2. The van der Waals surface area contributed by atoms with E-state index in [0.29, 0.717) is 5.82 Å². The van der Waals surface area contributed by atoms with Crippen molar-refractivity contribution in [1.29, 1.82) is 0 Å². The SMILES string of the molecule is Cc1cccc2c(NS(C)(=O)=O)nc(C)n12. The lowest BCUT2D eigenvalue weighted by Gasteiger charge is -2.02. The molecule has 2 aromatic rings. The van der Waals surface area contributed by atoms with Gasteiger partial charge in [-0.1, -0.05) is 6.07 Å². The van der Waals surface area contributed by atoms with Gasteiger partial charge in [-0.2, -0.15) is 0 Å². The zero-order valence-electron chi connectivity index (χ0n) is 9.35. The number of nitrogens with one attached hydrogen (secondary N) is 1. The van der Waals surface area contributed by atoms with Gasteiger partial charge in [0.2, 0.25) is 10.0 Å². The van der Waals surface area contributed by atoms with Crippen LogP contribution in [0.2, 0.25) is 0 Å². The van der Waals surface area contributed by atoms with Crippen molar-refractivity contribution < 1.29 is 8.42 Å². The zero-order valence-corrected chi connectivity index (χ0v) is 10.2. The van der Waals surface area contributed by atoms with Crippen molar-refractivity contribution in [3.8, 4) is 0 Å². The van der Waals surface area contributed by atoms with Gasteiger partial charge < -0.3 is 0 Å². The van der Waals surface area contributed by atoms with E-state index in [1.165, 1.54) is 0 Å². The van der Waals surface area contributed by atoms with Crippen LogP contribution in [-0.2, 0) is 10.0 Å². The highest BCUT2D eigenvalue weighted by Gasteiger charge is 2.12. The first-order valence-corrected chi connectivity index (χ1v) is 6.70. The molecule has 6 heteroatoms. The molecule has 0 aliphatic rings. The lowest BCUT2D eigenvalue weighted by molar-refractivity contribution is 0.606. The second kappa shape index (κ2) is 3.48. The molecule has 0 aliphatic carbocycles. The molecule has 1 N–H and O–H groups in total. The molecular formula is C10H13N3O2S. The number of aromatic nitrogens is 2. The maximum Gasteiger partial charge on any atom is 0.231 e. The number of hydrogen-bond acceptors (Lipinski definition) is 3. The molecule has 0 saturated carbocycles. The summed E-state index contributed by atoms with van der Waals surface area (Å²) in [5.74, 6) is 1.14. The Morgan fingerprint density at radius 3 is 2.62 bits per heavy atom. The van der Waals surface area contributed by atoms with Gasteiger partial charge >= 0.3 is 0 Å². The number of imidazole rings is 1. The Morgan fingerprint density at radius 2 is 2.00 bits per heavy atom. The molecule has 2 heterocycles. The molecule has 0 fully saturated rings. The fourth-order valence-electron chi connectivity index (χ4n) is 1.75. The van der Waals surface area contributed by atoms with Crippen LogP contribution in [0.4, 0.5) is 5.82 Å². The lowest BCUT2D eigenvalue weighted by Crippen LogP contribution is -2.10. The van der Waals surface area contributed by atoms with Crippen LogP contribution >= 0.6 is 0 Å². The third-order valence-electron chi connectivity index (χ3n) is 2.31. The number of sulfonamides is 1. The number of aryl methyl sites for hydroxylation is 2. The molecule has 0 radical (unpaired) electrons. The van der Waals surface area contributed by atoms with Gasteiger partial charge in [0.15, 0.2) is 5.82 Å². The number of hydrogen-bond donors (Lipinski definition) is 1. The summed E-state index contributed by atoms with van der Waals surface area (Å²) >= 11 is 0. The smallest absolute Gasteiger partial charge is 0.231 e. The number of rotatable bonds is 2. The molecule has 0 bridgehead atoms. The van der Waals surface area contributed by atoms with Crippen molar-refractivity contribution >= 4 is 21.4 Å². The van der Waals surface area contributed by atoms with Gasteiger partial charge in [-0.25, -0.2) is 13.4 Å². The average Bonchev–Trinajstić information content (AvgIpc) is 2.42. The Labute approximate surface area is 94.2 Å². The minimum absolute atomic E-state index is 0.378.